The molecule has 1 aromatic carbocycles. The van der Waals surface area contributed by atoms with E-state index in [1.807, 2.05) is 0 Å². The molecule has 0 aliphatic heterocycles. The minimum atomic E-state index is -0.607. The van der Waals surface area contributed by atoms with E-state index in [-0.39, 0.29) is 10.6 Å². The highest BCUT2D eigenvalue weighted by atomic mass is 35.5. The summed E-state index contributed by atoms with van der Waals surface area (Å²) in [5, 5.41) is 10.4. The highest BCUT2D eigenvalue weighted by Gasteiger charge is 2.11. The topological polar surface area (TPSA) is 69.9 Å². The highest BCUT2D eigenvalue weighted by Crippen LogP contribution is 2.29. The van der Waals surface area contributed by atoms with Crippen molar-refractivity contribution < 1.29 is 9.53 Å². The lowest BCUT2D eigenvalue weighted by Gasteiger charge is -2.09. The predicted molar refractivity (Wildman–Crippen MR) is 69.6 cm³/mol. The summed E-state index contributed by atoms with van der Waals surface area (Å²) in [5.41, 5.74) is 0.237. The minimum absolute atomic E-state index is 0.227. The number of aromatic nitrogens is 4. The van der Waals surface area contributed by atoms with Gasteiger partial charge in [0.2, 0.25) is 0 Å². The van der Waals surface area contributed by atoms with Gasteiger partial charge in [-0.2, -0.15) is 0 Å². The van der Waals surface area contributed by atoms with E-state index in [0.29, 0.717) is 25.3 Å². The van der Waals surface area contributed by atoms with Gasteiger partial charge in [0.15, 0.2) is 0 Å². The van der Waals surface area contributed by atoms with Gasteiger partial charge in [-0.15, -0.1) is 5.10 Å². The Morgan fingerprint density at radius 1 is 1.42 bits per heavy atom. The molecule has 0 atom stereocenters. The molecular weight excluding hydrogens is 291 g/mol. The molecule has 2 rings (SSSR count). The Morgan fingerprint density at radius 3 is 2.95 bits per heavy atom. The molecular formula is C11H10Cl2N4O2. The summed E-state index contributed by atoms with van der Waals surface area (Å²) in [6, 6.07) is 4.90. The van der Waals surface area contributed by atoms with Crippen LogP contribution in [0.5, 0.6) is 5.75 Å². The van der Waals surface area contributed by atoms with Crippen molar-refractivity contribution in [1.82, 2.24) is 20.2 Å². The zero-order valence-corrected chi connectivity index (χ0v) is 11.3. The number of halogens is 2. The minimum Gasteiger partial charge on any atom is -0.492 e. The monoisotopic (exact) mass is 300 g/mol. The van der Waals surface area contributed by atoms with Gasteiger partial charge in [0.1, 0.15) is 12.1 Å². The Hall–Kier alpha value is -1.66. The second kappa shape index (κ2) is 6.49. The number of benzene rings is 1. The van der Waals surface area contributed by atoms with Crippen molar-refractivity contribution in [2.24, 2.45) is 0 Å². The van der Waals surface area contributed by atoms with Crippen LogP contribution in [-0.4, -0.2) is 32.1 Å². The molecule has 0 saturated heterocycles. The van der Waals surface area contributed by atoms with E-state index in [0.717, 1.165) is 0 Å². The number of nitrogens with zero attached hydrogens (tertiary/aromatic N) is 4. The van der Waals surface area contributed by atoms with Gasteiger partial charge in [0.05, 0.1) is 17.2 Å². The van der Waals surface area contributed by atoms with E-state index in [9.17, 15) is 4.79 Å². The number of aryl methyl sites for hydroxylation is 1. The summed E-state index contributed by atoms with van der Waals surface area (Å²) in [6.07, 6.45) is 2.24. The first-order valence-electron chi connectivity index (χ1n) is 5.50. The zero-order valence-electron chi connectivity index (χ0n) is 9.79. The van der Waals surface area contributed by atoms with Crippen LogP contribution in [-0.2, 0) is 6.54 Å². The van der Waals surface area contributed by atoms with E-state index < -0.39 is 5.24 Å². The highest BCUT2D eigenvalue weighted by molar-refractivity contribution is 6.68. The Bertz CT molecular complexity index is 560. The summed E-state index contributed by atoms with van der Waals surface area (Å²) in [7, 11) is 0. The van der Waals surface area contributed by atoms with Crippen LogP contribution in [0.4, 0.5) is 0 Å². The third-order valence-corrected chi connectivity index (χ3v) is 2.95. The molecule has 0 fully saturated rings. The first-order chi connectivity index (χ1) is 9.18. The van der Waals surface area contributed by atoms with Gasteiger partial charge in [0, 0.05) is 13.0 Å². The number of hydrogen-bond donors (Lipinski definition) is 0. The van der Waals surface area contributed by atoms with Crippen LogP contribution >= 0.6 is 23.2 Å². The van der Waals surface area contributed by atoms with Crippen molar-refractivity contribution in [3.05, 3.63) is 35.1 Å². The summed E-state index contributed by atoms with van der Waals surface area (Å²) < 4.78 is 7.10. The first-order valence-corrected chi connectivity index (χ1v) is 6.26. The first kappa shape index (κ1) is 13.8. The largest absolute Gasteiger partial charge is 0.492 e. The summed E-state index contributed by atoms with van der Waals surface area (Å²) in [4.78, 5) is 11.1. The van der Waals surface area contributed by atoms with Crippen LogP contribution < -0.4 is 4.74 Å². The lowest BCUT2D eigenvalue weighted by Crippen LogP contribution is -2.06. The molecule has 19 heavy (non-hydrogen) atoms. The van der Waals surface area contributed by atoms with Gasteiger partial charge in [-0.1, -0.05) is 17.7 Å². The molecule has 0 radical (unpaired) electrons. The van der Waals surface area contributed by atoms with Gasteiger partial charge in [-0.25, -0.2) is 4.68 Å². The van der Waals surface area contributed by atoms with E-state index >= 15 is 0 Å². The van der Waals surface area contributed by atoms with Crippen LogP contribution in [0, 0.1) is 0 Å². The van der Waals surface area contributed by atoms with E-state index in [1.165, 1.54) is 6.33 Å². The van der Waals surface area contributed by atoms with Crippen molar-refractivity contribution in [2.75, 3.05) is 6.61 Å². The Labute approximate surface area is 119 Å². The van der Waals surface area contributed by atoms with Crippen molar-refractivity contribution >= 4 is 28.4 Å². The van der Waals surface area contributed by atoms with Crippen molar-refractivity contribution in [3.63, 3.8) is 0 Å². The SMILES string of the molecule is O=C(Cl)c1cccc(OCCCn2cnnn2)c1Cl. The van der Waals surface area contributed by atoms with Gasteiger partial charge < -0.3 is 4.74 Å². The molecule has 1 aromatic heterocycles. The van der Waals surface area contributed by atoms with E-state index in [2.05, 4.69) is 15.5 Å². The predicted octanol–water partition coefficient (Wildman–Crippen LogP) is 2.17. The van der Waals surface area contributed by atoms with Crippen molar-refractivity contribution in [2.45, 2.75) is 13.0 Å². The zero-order chi connectivity index (χ0) is 13.7. The Morgan fingerprint density at radius 2 is 2.26 bits per heavy atom. The van der Waals surface area contributed by atoms with Crippen LogP contribution in [0.25, 0.3) is 0 Å². The lowest BCUT2D eigenvalue weighted by molar-refractivity contribution is 0.108. The summed E-state index contributed by atoms with van der Waals surface area (Å²) in [6.45, 7) is 1.07. The maximum atomic E-state index is 11.1. The quantitative estimate of drug-likeness (QED) is 0.604. The fraction of sp³-hybridized carbons (Fsp3) is 0.273. The molecule has 100 valence electrons. The molecule has 0 spiro atoms. The maximum Gasteiger partial charge on any atom is 0.254 e. The molecule has 0 unspecified atom stereocenters. The fourth-order valence-corrected chi connectivity index (χ4v) is 1.94. The number of ether oxygens (including phenoxy) is 1. The van der Waals surface area contributed by atoms with Gasteiger partial charge >= 0.3 is 0 Å². The van der Waals surface area contributed by atoms with Gasteiger partial charge in [-0.3, -0.25) is 4.79 Å². The standard InChI is InChI=1S/C11H10Cl2N4O2/c12-10-8(11(13)18)3-1-4-9(10)19-6-2-5-17-7-14-15-16-17/h1,3-4,7H,2,5-6H2. The molecule has 0 saturated carbocycles. The third-order valence-electron chi connectivity index (χ3n) is 2.36. The molecule has 2 aromatic rings. The lowest BCUT2D eigenvalue weighted by atomic mass is 10.2. The van der Waals surface area contributed by atoms with Crippen LogP contribution in [0.1, 0.15) is 16.8 Å². The van der Waals surface area contributed by atoms with Gasteiger partial charge in [-0.05, 0) is 34.2 Å². The Balaban J connectivity index is 1.89. The molecule has 8 heteroatoms. The van der Waals surface area contributed by atoms with Crippen LogP contribution in [0.3, 0.4) is 0 Å². The Kier molecular flexibility index (Phi) is 4.70. The molecule has 6 nitrogen and oxygen atoms in total. The summed E-state index contributed by atoms with van der Waals surface area (Å²) in [5.74, 6) is 0.435. The number of tetrazole rings is 1. The van der Waals surface area contributed by atoms with Crippen molar-refractivity contribution in [1.29, 1.82) is 0 Å². The van der Waals surface area contributed by atoms with E-state index in [4.69, 9.17) is 27.9 Å². The average Bonchev–Trinajstić information content (AvgIpc) is 2.89. The van der Waals surface area contributed by atoms with Crippen molar-refractivity contribution in [3.8, 4) is 5.75 Å². The number of rotatable bonds is 6. The molecule has 1 heterocycles. The third kappa shape index (κ3) is 3.65. The smallest absolute Gasteiger partial charge is 0.254 e. The second-order valence-electron chi connectivity index (χ2n) is 3.67. The fourth-order valence-electron chi connectivity index (χ4n) is 1.47. The molecule has 0 N–H and O–H groups in total. The maximum absolute atomic E-state index is 11.1. The normalized spacial score (nSPS) is 10.4. The molecule has 0 aliphatic carbocycles. The summed E-state index contributed by atoms with van der Waals surface area (Å²) >= 11 is 11.4. The number of carbonyl (C=O) groups is 1. The number of carbonyl (C=O) groups excluding carboxylic acids is 1. The van der Waals surface area contributed by atoms with E-state index in [1.54, 1.807) is 22.9 Å². The van der Waals surface area contributed by atoms with Crippen LogP contribution in [0.2, 0.25) is 5.02 Å². The average molecular weight is 301 g/mol. The van der Waals surface area contributed by atoms with Crippen LogP contribution in [0.15, 0.2) is 24.5 Å². The molecule has 0 aliphatic rings. The molecule has 0 bridgehead atoms. The van der Waals surface area contributed by atoms with Gasteiger partial charge in [0.25, 0.3) is 5.24 Å². The number of hydrogen-bond acceptors (Lipinski definition) is 5. The second-order valence-corrected chi connectivity index (χ2v) is 4.39. The molecule has 0 amide bonds.